The van der Waals surface area contributed by atoms with Gasteiger partial charge in [0.1, 0.15) is 12.4 Å². The van der Waals surface area contributed by atoms with E-state index in [0.717, 1.165) is 16.9 Å². The average molecular weight is 590 g/mol. The summed E-state index contributed by atoms with van der Waals surface area (Å²) in [5, 5.41) is 0. The van der Waals surface area contributed by atoms with Crippen LogP contribution in [0.2, 0.25) is 0 Å². The maximum absolute atomic E-state index is 12.8. The lowest BCUT2D eigenvalue weighted by Gasteiger charge is -2.26. The van der Waals surface area contributed by atoms with Crippen LogP contribution in [0, 0.1) is 0 Å². The molecule has 39 heavy (non-hydrogen) atoms. The van der Waals surface area contributed by atoms with Crippen molar-refractivity contribution in [2.45, 2.75) is 16.3 Å². The van der Waals surface area contributed by atoms with Crippen LogP contribution in [-0.2, 0) is 31.3 Å². The Morgan fingerprint density at radius 3 is 2.31 bits per heavy atom. The second kappa shape index (κ2) is 11.6. The van der Waals surface area contributed by atoms with Crippen molar-refractivity contribution in [1.29, 1.82) is 0 Å². The summed E-state index contributed by atoms with van der Waals surface area (Å²) < 4.78 is 68.1. The highest BCUT2D eigenvalue weighted by molar-refractivity contribution is 7.89. The highest BCUT2D eigenvalue weighted by atomic mass is 32.2. The zero-order valence-electron chi connectivity index (χ0n) is 20.9. The van der Waals surface area contributed by atoms with Gasteiger partial charge in [-0.2, -0.15) is 4.31 Å². The summed E-state index contributed by atoms with van der Waals surface area (Å²) in [5.74, 6) is 0.418. The van der Waals surface area contributed by atoms with Gasteiger partial charge in [0.25, 0.3) is 0 Å². The Kier molecular flexibility index (Phi) is 8.16. The van der Waals surface area contributed by atoms with E-state index in [4.69, 9.17) is 9.47 Å². The molecular weight excluding hydrogens is 563 g/mol. The summed E-state index contributed by atoms with van der Waals surface area (Å²) in [6.07, 6.45) is 0. The number of hydrogen-bond donors (Lipinski definition) is 1. The molecule has 1 aliphatic heterocycles. The van der Waals surface area contributed by atoms with E-state index < -0.39 is 20.0 Å². The van der Waals surface area contributed by atoms with E-state index in [9.17, 15) is 21.6 Å². The minimum Gasteiger partial charge on any atom is -0.492 e. The first kappa shape index (κ1) is 27.5. The fourth-order valence-electron chi connectivity index (χ4n) is 4.20. The SMILES string of the molecule is O=c1sc2cc(S(=O)(=O)NCCOc3ccc(S(=O)(=O)N4CCOCC4)cc3)ccc2n1Cc1ccccc1. The molecular formula is C26H27N3O7S3. The van der Waals surface area contributed by atoms with Crippen LogP contribution in [0.1, 0.15) is 5.56 Å². The van der Waals surface area contributed by atoms with Gasteiger partial charge >= 0.3 is 4.87 Å². The molecule has 206 valence electrons. The molecule has 0 aliphatic carbocycles. The van der Waals surface area contributed by atoms with Crippen molar-refractivity contribution in [2.75, 3.05) is 39.5 Å². The number of morpholine rings is 1. The van der Waals surface area contributed by atoms with E-state index in [1.165, 1.54) is 40.7 Å². The molecule has 1 aliphatic rings. The van der Waals surface area contributed by atoms with Gasteiger partial charge < -0.3 is 9.47 Å². The van der Waals surface area contributed by atoms with Gasteiger partial charge in [0.05, 0.1) is 39.8 Å². The van der Waals surface area contributed by atoms with Crippen molar-refractivity contribution in [2.24, 2.45) is 0 Å². The molecule has 13 heteroatoms. The van der Waals surface area contributed by atoms with E-state index in [2.05, 4.69) is 4.72 Å². The number of sulfonamides is 2. The normalized spacial score (nSPS) is 15.0. The average Bonchev–Trinajstić information content (AvgIpc) is 3.26. The molecule has 4 aromatic rings. The van der Waals surface area contributed by atoms with Crippen molar-refractivity contribution >= 4 is 41.6 Å². The summed E-state index contributed by atoms with van der Waals surface area (Å²) in [5.41, 5.74) is 1.65. The third-order valence-corrected chi connectivity index (χ3v) is 10.5. The zero-order chi connectivity index (χ0) is 27.5. The molecule has 2 heterocycles. The Bertz CT molecular complexity index is 1710. The number of nitrogens with zero attached hydrogens (tertiary/aromatic N) is 2. The molecule has 3 aromatic carbocycles. The Balaban J connectivity index is 1.18. The molecule has 5 rings (SSSR count). The van der Waals surface area contributed by atoms with Crippen molar-refractivity contribution in [3.05, 3.63) is 88.0 Å². The van der Waals surface area contributed by atoms with Gasteiger partial charge in [-0.25, -0.2) is 21.6 Å². The summed E-state index contributed by atoms with van der Waals surface area (Å²) in [4.78, 5) is 12.6. The van der Waals surface area contributed by atoms with Gasteiger partial charge in [-0.1, -0.05) is 41.7 Å². The lowest BCUT2D eigenvalue weighted by molar-refractivity contribution is 0.0730. The molecule has 0 spiro atoms. The monoisotopic (exact) mass is 589 g/mol. The summed E-state index contributed by atoms with van der Waals surface area (Å²) >= 11 is 1.00. The lowest BCUT2D eigenvalue weighted by atomic mass is 10.2. The van der Waals surface area contributed by atoms with Crippen LogP contribution >= 0.6 is 11.3 Å². The van der Waals surface area contributed by atoms with E-state index >= 15 is 0 Å². The van der Waals surface area contributed by atoms with Crippen molar-refractivity contribution in [3.63, 3.8) is 0 Å². The molecule has 0 atom stereocenters. The smallest absolute Gasteiger partial charge is 0.308 e. The fraction of sp³-hybridized carbons (Fsp3) is 0.269. The first-order valence-corrected chi connectivity index (χ1v) is 16.0. The van der Waals surface area contributed by atoms with Crippen molar-refractivity contribution in [3.8, 4) is 5.75 Å². The van der Waals surface area contributed by atoms with Crippen LogP contribution in [0.3, 0.4) is 0 Å². The second-order valence-electron chi connectivity index (χ2n) is 8.80. The van der Waals surface area contributed by atoms with E-state index in [-0.39, 0.29) is 27.8 Å². The standard InChI is InChI=1S/C26H27N3O7S3/c30-26-29(19-20-4-2-1-3-5-20)24-11-10-23(18-25(24)37-26)38(31,32)27-12-15-36-21-6-8-22(9-7-21)39(33,34)28-13-16-35-17-14-28/h1-11,18,27H,12-17,19H2. The maximum Gasteiger partial charge on any atom is 0.308 e. The van der Waals surface area contributed by atoms with Crippen molar-refractivity contribution < 1.29 is 26.3 Å². The minimum absolute atomic E-state index is 0.000544. The van der Waals surface area contributed by atoms with Crippen LogP contribution in [0.15, 0.2) is 87.4 Å². The topological polar surface area (TPSA) is 124 Å². The number of hydrogen-bond acceptors (Lipinski definition) is 8. The number of fused-ring (bicyclic) bond motifs is 1. The molecule has 0 unspecified atom stereocenters. The van der Waals surface area contributed by atoms with Gasteiger partial charge in [0.2, 0.25) is 20.0 Å². The predicted octanol–water partition coefficient (Wildman–Crippen LogP) is 2.49. The zero-order valence-corrected chi connectivity index (χ0v) is 23.3. The Morgan fingerprint density at radius 1 is 0.897 bits per heavy atom. The molecule has 1 aromatic heterocycles. The van der Waals surface area contributed by atoms with E-state index in [1.54, 1.807) is 10.6 Å². The van der Waals surface area contributed by atoms with E-state index in [1.807, 2.05) is 30.3 Å². The van der Waals surface area contributed by atoms with Crippen LogP contribution < -0.4 is 14.3 Å². The van der Waals surface area contributed by atoms with Crippen LogP contribution in [0.25, 0.3) is 10.2 Å². The molecule has 0 amide bonds. The Morgan fingerprint density at radius 2 is 1.59 bits per heavy atom. The summed E-state index contributed by atoms with van der Waals surface area (Å²) in [7, 11) is -7.44. The molecule has 0 bridgehead atoms. The van der Waals surface area contributed by atoms with Gasteiger partial charge in [-0.3, -0.25) is 9.36 Å². The predicted molar refractivity (Wildman–Crippen MR) is 148 cm³/mol. The van der Waals surface area contributed by atoms with Gasteiger partial charge in [-0.15, -0.1) is 0 Å². The van der Waals surface area contributed by atoms with Crippen LogP contribution in [0.4, 0.5) is 0 Å². The number of aromatic nitrogens is 1. The quantitative estimate of drug-likeness (QED) is 0.282. The Labute approximate surface area is 230 Å². The van der Waals surface area contributed by atoms with Crippen molar-refractivity contribution in [1.82, 2.24) is 13.6 Å². The number of thiazole rings is 1. The number of rotatable bonds is 10. The largest absolute Gasteiger partial charge is 0.492 e. The number of nitrogens with one attached hydrogen (secondary N) is 1. The van der Waals surface area contributed by atoms with Crippen LogP contribution in [0.5, 0.6) is 5.75 Å². The molecule has 1 saturated heterocycles. The molecule has 1 fully saturated rings. The highest BCUT2D eigenvalue weighted by Gasteiger charge is 2.26. The van der Waals surface area contributed by atoms with Gasteiger partial charge in [0.15, 0.2) is 0 Å². The summed E-state index contributed by atoms with van der Waals surface area (Å²) in [6, 6.07) is 20.2. The molecule has 0 saturated carbocycles. The third-order valence-electron chi connectivity index (χ3n) is 6.23. The summed E-state index contributed by atoms with van der Waals surface area (Å²) in [6.45, 7) is 1.80. The van der Waals surface area contributed by atoms with Gasteiger partial charge in [0, 0.05) is 19.6 Å². The molecule has 1 N–H and O–H groups in total. The molecule has 0 radical (unpaired) electrons. The highest BCUT2D eigenvalue weighted by Crippen LogP contribution is 2.23. The first-order valence-electron chi connectivity index (χ1n) is 12.2. The molecule has 10 nitrogen and oxygen atoms in total. The van der Waals surface area contributed by atoms with Gasteiger partial charge in [-0.05, 0) is 48.0 Å². The minimum atomic E-state index is -3.84. The maximum atomic E-state index is 12.8. The Hall–Kier alpha value is -3.07. The lowest BCUT2D eigenvalue weighted by Crippen LogP contribution is -2.40. The first-order chi connectivity index (χ1) is 18.7. The third kappa shape index (κ3) is 6.24. The van der Waals surface area contributed by atoms with E-state index in [0.29, 0.717) is 48.8 Å². The van der Waals surface area contributed by atoms with Crippen LogP contribution in [-0.4, -0.2) is 65.2 Å². The number of ether oxygens (including phenoxy) is 2. The second-order valence-corrected chi connectivity index (χ2v) is 13.5. The fourth-order valence-corrected chi connectivity index (χ4v) is 7.65. The number of benzene rings is 3.